The van der Waals surface area contributed by atoms with Gasteiger partial charge >= 0.3 is 0 Å². The average Bonchev–Trinajstić information content (AvgIpc) is 2.38. The minimum absolute atomic E-state index is 0.371. The van der Waals surface area contributed by atoms with Crippen LogP contribution in [0.15, 0.2) is 28.1 Å². The number of hydrogen-bond acceptors (Lipinski definition) is 5. The standard InChI is InChI=1S/C12H16N2O2S/c13-11-7-10(17-15)1-2-12(11)14-8-9-3-5-16-6-4-9/h1-2,7,9,13,15H,3-6,8H2. The van der Waals surface area contributed by atoms with E-state index in [0.29, 0.717) is 34.3 Å². The van der Waals surface area contributed by atoms with E-state index in [-0.39, 0.29) is 0 Å². The molecule has 4 nitrogen and oxygen atoms in total. The monoisotopic (exact) mass is 252 g/mol. The minimum Gasteiger partial charge on any atom is -0.381 e. The predicted octanol–water partition coefficient (Wildman–Crippen LogP) is 2.53. The van der Waals surface area contributed by atoms with Crippen molar-refractivity contribution in [3.63, 3.8) is 0 Å². The van der Waals surface area contributed by atoms with Crippen molar-refractivity contribution in [3.05, 3.63) is 23.1 Å². The van der Waals surface area contributed by atoms with Crippen LogP contribution < -0.4 is 0 Å². The Morgan fingerprint density at radius 3 is 2.82 bits per heavy atom. The molecule has 1 aliphatic carbocycles. The second kappa shape index (κ2) is 6.14. The molecule has 0 aromatic rings. The van der Waals surface area contributed by atoms with Crippen LogP contribution in [-0.4, -0.2) is 35.7 Å². The first kappa shape index (κ1) is 12.5. The Hall–Kier alpha value is -0.910. The van der Waals surface area contributed by atoms with Gasteiger partial charge in [0.2, 0.25) is 0 Å². The summed E-state index contributed by atoms with van der Waals surface area (Å²) in [7, 11) is 0. The maximum Gasteiger partial charge on any atom is 0.0824 e. The molecule has 1 fully saturated rings. The van der Waals surface area contributed by atoms with Crippen LogP contribution in [0.3, 0.4) is 0 Å². The maximum absolute atomic E-state index is 8.88. The molecule has 0 aromatic heterocycles. The summed E-state index contributed by atoms with van der Waals surface area (Å²) < 4.78 is 14.2. The highest BCUT2D eigenvalue weighted by Crippen LogP contribution is 2.18. The summed E-state index contributed by atoms with van der Waals surface area (Å²) in [4.78, 5) is 5.15. The summed E-state index contributed by atoms with van der Waals surface area (Å²) in [5.74, 6) is 0.579. The van der Waals surface area contributed by atoms with Gasteiger partial charge in [-0.3, -0.25) is 10.4 Å². The van der Waals surface area contributed by atoms with Gasteiger partial charge in [-0.2, -0.15) is 0 Å². The molecule has 1 saturated heterocycles. The number of nitrogens with one attached hydrogen (secondary N) is 1. The van der Waals surface area contributed by atoms with Crippen LogP contribution in [0.2, 0.25) is 0 Å². The molecule has 1 heterocycles. The van der Waals surface area contributed by atoms with Crippen LogP contribution in [0.5, 0.6) is 0 Å². The molecule has 0 saturated carbocycles. The largest absolute Gasteiger partial charge is 0.381 e. The predicted molar refractivity (Wildman–Crippen MR) is 71.0 cm³/mol. The van der Waals surface area contributed by atoms with Crippen molar-refractivity contribution in [2.75, 3.05) is 19.8 Å². The Morgan fingerprint density at radius 2 is 2.18 bits per heavy atom. The van der Waals surface area contributed by atoms with Crippen molar-refractivity contribution in [1.29, 1.82) is 5.41 Å². The Kier molecular flexibility index (Phi) is 4.53. The fraction of sp³-hybridized carbons (Fsp3) is 0.500. The minimum atomic E-state index is 0.371. The van der Waals surface area contributed by atoms with Gasteiger partial charge in [-0.15, -0.1) is 0 Å². The van der Waals surface area contributed by atoms with E-state index < -0.39 is 0 Å². The van der Waals surface area contributed by atoms with Crippen molar-refractivity contribution in [1.82, 2.24) is 0 Å². The molecule has 2 rings (SSSR count). The molecule has 1 aliphatic heterocycles. The summed E-state index contributed by atoms with van der Waals surface area (Å²) in [5.41, 5.74) is 1.07. The van der Waals surface area contributed by atoms with Gasteiger partial charge in [0.15, 0.2) is 0 Å². The molecule has 0 amide bonds. The lowest BCUT2D eigenvalue weighted by Gasteiger charge is -2.20. The fourth-order valence-corrected chi connectivity index (χ4v) is 2.17. The zero-order valence-corrected chi connectivity index (χ0v) is 10.4. The lowest BCUT2D eigenvalue weighted by atomic mass is 10.0. The van der Waals surface area contributed by atoms with Gasteiger partial charge in [0.25, 0.3) is 0 Å². The van der Waals surface area contributed by atoms with Gasteiger partial charge in [0.05, 0.1) is 11.4 Å². The topological polar surface area (TPSA) is 65.7 Å². The molecule has 0 unspecified atom stereocenters. The summed E-state index contributed by atoms with van der Waals surface area (Å²) in [6, 6.07) is 0. The Morgan fingerprint density at radius 1 is 1.41 bits per heavy atom. The molecule has 0 aromatic carbocycles. The van der Waals surface area contributed by atoms with Crippen LogP contribution in [0.4, 0.5) is 0 Å². The van der Waals surface area contributed by atoms with Crippen molar-refractivity contribution in [3.8, 4) is 0 Å². The number of ether oxygens (including phenoxy) is 1. The number of allylic oxidation sites excluding steroid dienone is 3. The highest BCUT2D eigenvalue weighted by molar-refractivity contribution is 7.97. The molecule has 17 heavy (non-hydrogen) atoms. The molecule has 5 heteroatoms. The number of rotatable bonds is 3. The van der Waals surface area contributed by atoms with E-state index >= 15 is 0 Å². The van der Waals surface area contributed by atoms with Crippen LogP contribution in [0, 0.1) is 11.3 Å². The first-order chi connectivity index (χ1) is 8.29. The van der Waals surface area contributed by atoms with E-state index in [1.54, 1.807) is 18.2 Å². The van der Waals surface area contributed by atoms with Crippen molar-refractivity contribution in [2.45, 2.75) is 12.8 Å². The van der Waals surface area contributed by atoms with E-state index in [4.69, 9.17) is 14.7 Å². The lowest BCUT2D eigenvalue weighted by molar-refractivity contribution is 0.0690. The molecule has 0 bridgehead atoms. The maximum atomic E-state index is 8.88. The van der Waals surface area contributed by atoms with Crippen molar-refractivity contribution < 1.29 is 9.29 Å². The average molecular weight is 252 g/mol. The zero-order chi connectivity index (χ0) is 12.1. The molecule has 0 spiro atoms. The molecular weight excluding hydrogens is 236 g/mol. The van der Waals surface area contributed by atoms with Gasteiger partial charge in [0.1, 0.15) is 0 Å². The third-order valence-electron chi connectivity index (χ3n) is 2.93. The second-order valence-corrected chi connectivity index (χ2v) is 4.82. The third kappa shape index (κ3) is 3.52. The SMILES string of the molecule is N=C1C=C(SO)C=CC1=NCC1CCOCC1. The first-order valence-electron chi connectivity index (χ1n) is 5.72. The quantitative estimate of drug-likeness (QED) is 0.599. The van der Waals surface area contributed by atoms with E-state index in [1.165, 1.54) is 0 Å². The zero-order valence-electron chi connectivity index (χ0n) is 9.56. The summed E-state index contributed by atoms with van der Waals surface area (Å²) in [5, 5.41) is 7.79. The Bertz CT molecular complexity index is 382. The summed E-state index contributed by atoms with van der Waals surface area (Å²) in [6.45, 7) is 2.42. The van der Waals surface area contributed by atoms with E-state index in [1.807, 2.05) is 0 Å². The molecule has 2 aliphatic rings. The smallest absolute Gasteiger partial charge is 0.0824 e. The Balaban J connectivity index is 1.92. The lowest BCUT2D eigenvalue weighted by Crippen LogP contribution is -2.20. The van der Waals surface area contributed by atoms with Gasteiger partial charge in [-0.25, -0.2) is 0 Å². The van der Waals surface area contributed by atoms with E-state index in [2.05, 4.69) is 4.99 Å². The third-order valence-corrected chi connectivity index (χ3v) is 3.40. The van der Waals surface area contributed by atoms with Crippen molar-refractivity contribution >= 4 is 23.5 Å². The van der Waals surface area contributed by atoms with Crippen molar-refractivity contribution in [2.24, 2.45) is 10.9 Å². The first-order valence-corrected chi connectivity index (χ1v) is 6.49. The summed E-state index contributed by atoms with van der Waals surface area (Å²) >= 11 is 0.660. The van der Waals surface area contributed by atoms with Gasteiger partial charge in [-0.05, 0) is 37.0 Å². The van der Waals surface area contributed by atoms with E-state index in [0.717, 1.165) is 32.6 Å². The summed E-state index contributed by atoms with van der Waals surface area (Å²) in [6.07, 6.45) is 7.32. The second-order valence-electron chi connectivity index (χ2n) is 4.17. The molecule has 0 radical (unpaired) electrons. The number of aliphatic imine (C=N–C) groups is 1. The van der Waals surface area contributed by atoms with Gasteiger partial charge < -0.3 is 9.29 Å². The highest BCUT2D eigenvalue weighted by atomic mass is 32.2. The Labute approximate surface area is 105 Å². The molecule has 0 atom stereocenters. The van der Waals surface area contributed by atoms with Gasteiger partial charge in [-0.1, -0.05) is 0 Å². The van der Waals surface area contributed by atoms with Crippen LogP contribution in [0.25, 0.3) is 0 Å². The molecule has 2 N–H and O–H groups in total. The fourth-order valence-electron chi connectivity index (χ4n) is 1.87. The number of hydrogen-bond donors (Lipinski definition) is 2. The molecular formula is C12H16N2O2S. The van der Waals surface area contributed by atoms with E-state index in [9.17, 15) is 0 Å². The van der Waals surface area contributed by atoms with Gasteiger partial charge in [0, 0.05) is 36.7 Å². The van der Waals surface area contributed by atoms with Crippen LogP contribution in [0.1, 0.15) is 12.8 Å². The number of nitrogens with zero attached hydrogens (tertiary/aromatic N) is 1. The van der Waals surface area contributed by atoms with Crippen LogP contribution >= 0.6 is 12.0 Å². The highest BCUT2D eigenvalue weighted by Gasteiger charge is 2.14. The van der Waals surface area contributed by atoms with Crippen LogP contribution in [-0.2, 0) is 4.74 Å². The normalized spacial score (nSPS) is 24.2. The molecule has 92 valence electrons.